The molecule has 1 aliphatic heterocycles. The lowest BCUT2D eigenvalue weighted by molar-refractivity contribution is 0.340. The van der Waals surface area contributed by atoms with Crippen LogP contribution in [0.4, 0.5) is 0 Å². The van der Waals surface area contributed by atoms with Gasteiger partial charge in [0.05, 0.1) is 12.6 Å². The van der Waals surface area contributed by atoms with E-state index in [1.807, 2.05) is 19.1 Å². The molecule has 2 N–H and O–H groups in total. The van der Waals surface area contributed by atoms with Crippen molar-refractivity contribution in [3.63, 3.8) is 0 Å². The summed E-state index contributed by atoms with van der Waals surface area (Å²) in [4.78, 5) is 0. The number of nitrogens with one attached hydrogen (secondary N) is 2. The molecule has 0 aromatic heterocycles. The first kappa shape index (κ1) is 15.2. The molecular weight excluding hydrogens is 316 g/mol. The summed E-state index contributed by atoms with van der Waals surface area (Å²) in [5.74, 6) is 0.904. The van der Waals surface area contributed by atoms with Gasteiger partial charge in [-0.15, -0.1) is 0 Å². The van der Waals surface area contributed by atoms with Crippen LogP contribution in [-0.4, -0.2) is 11.7 Å². The van der Waals surface area contributed by atoms with E-state index in [9.17, 15) is 0 Å². The smallest absolute Gasteiger partial charge is 0.171 e. The van der Waals surface area contributed by atoms with Crippen LogP contribution in [0.5, 0.6) is 5.75 Å². The molecule has 4 heteroatoms. The molecule has 1 heterocycles. The van der Waals surface area contributed by atoms with E-state index in [1.165, 1.54) is 28.0 Å². The fourth-order valence-electron chi connectivity index (χ4n) is 3.56. The lowest BCUT2D eigenvalue weighted by Gasteiger charge is -2.35. The predicted octanol–water partition coefficient (Wildman–Crippen LogP) is 3.96. The summed E-state index contributed by atoms with van der Waals surface area (Å²) in [6, 6.07) is 17.0. The second kappa shape index (κ2) is 6.29. The number of rotatable bonds is 3. The lowest BCUT2D eigenvalue weighted by atomic mass is 9.83. The highest BCUT2D eigenvalue weighted by Crippen LogP contribution is 2.38. The zero-order valence-electron chi connectivity index (χ0n) is 13.6. The van der Waals surface area contributed by atoms with Crippen molar-refractivity contribution in [3.05, 3.63) is 70.8 Å². The lowest BCUT2D eigenvalue weighted by Crippen LogP contribution is -2.44. The van der Waals surface area contributed by atoms with Gasteiger partial charge in [-0.05, 0) is 60.8 Å². The van der Waals surface area contributed by atoms with Crippen LogP contribution in [0.25, 0.3) is 5.70 Å². The van der Waals surface area contributed by atoms with E-state index in [0.717, 1.165) is 18.6 Å². The fraction of sp³-hybridized carbons (Fsp3) is 0.250. The molecule has 1 atom stereocenters. The molecule has 122 valence electrons. The van der Waals surface area contributed by atoms with Gasteiger partial charge in [0.1, 0.15) is 5.75 Å². The Labute approximate surface area is 147 Å². The van der Waals surface area contributed by atoms with Gasteiger partial charge in [-0.2, -0.15) is 0 Å². The van der Waals surface area contributed by atoms with Crippen LogP contribution in [-0.2, 0) is 6.42 Å². The first-order valence-corrected chi connectivity index (χ1v) is 8.78. The van der Waals surface area contributed by atoms with Crippen LogP contribution in [0.15, 0.2) is 54.1 Å². The maximum atomic E-state index is 5.55. The fourth-order valence-corrected chi connectivity index (χ4v) is 3.78. The highest BCUT2D eigenvalue weighted by atomic mass is 32.1. The Bertz CT molecular complexity index is 811. The second-order valence-electron chi connectivity index (χ2n) is 6.09. The first-order valence-electron chi connectivity index (χ1n) is 8.38. The van der Waals surface area contributed by atoms with Crippen molar-refractivity contribution in [1.82, 2.24) is 10.6 Å². The van der Waals surface area contributed by atoms with Gasteiger partial charge in [-0.1, -0.05) is 36.4 Å². The molecule has 24 heavy (non-hydrogen) atoms. The average molecular weight is 336 g/mol. The standard InChI is InChI=1S/C20H20N2OS/c1-2-23-15-10-7-14(8-11-15)18-17-12-9-13-5-3-4-6-16(13)19(17)22-20(24)21-18/h3-8,10-11,18H,2,9,12H2,1H3,(H2,21,22,24)/t18-/m1/s1. The number of ether oxygens (including phenoxy) is 1. The SMILES string of the molecule is CCOc1ccc([C@H]2NC(=S)NC3=C2CCc2ccccc23)cc1. The van der Waals surface area contributed by atoms with Crippen LogP contribution in [0.2, 0.25) is 0 Å². The van der Waals surface area contributed by atoms with Gasteiger partial charge in [0, 0.05) is 11.3 Å². The largest absolute Gasteiger partial charge is 0.494 e. The highest BCUT2D eigenvalue weighted by molar-refractivity contribution is 7.80. The van der Waals surface area contributed by atoms with Crippen LogP contribution in [0.3, 0.4) is 0 Å². The average Bonchev–Trinajstić information content (AvgIpc) is 2.62. The molecule has 0 unspecified atom stereocenters. The van der Waals surface area contributed by atoms with Gasteiger partial charge in [0.2, 0.25) is 0 Å². The van der Waals surface area contributed by atoms with E-state index in [2.05, 4.69) is 47.0 Å². The molecule has 2 aromatic rings. The first-order chi connectivity index (χ1) is 11.8. The topological polar surface area (TPSA) is 33.3 Å². The Hall–Kier alpha value is -2.33. The van der Waals surface area contributed by atoms with Gasteiger partial charge in [0.15, 0.2) is 5.11 Å². The Morgan fingerprint density at radius 1 is 1.08 bits per heavy atom. The van der Waals surface area contributed by atoms with Crippen LogP contribution in [0, 0.1) is 0 Å². The number of benzene rings is 2. The quantitative estimate of drug-likeness (QED) is 0.831. The van der Waals surface area contributed by atoms with Crippen LogP contribution < -0.4 is 15.4 Å². The Morgan fingerprint density at radius 3 is 2.67 bits per heavy atom. The third-order valence-electron chi connectivity index (χ3n) is 4.66. The van der Waals surface area contributed by atoms with Crippen molar-refractivity contribution in [2.75, 3.05) is 6.61 Å². The minimum Gasteiger partial charge on any atom is -0.494 e. The molecule has 0 spiro atoms. The van der Waals surface area contributed by atoms with Gasteiger partial charge < -0.3 is 15.4 Å². The summed E-state index contributed by atoms with van der Waals surface area (Å²) in [6.45, 7) is 2.68. The minimum atomic E-state index is 0.123. The van der Waals surface area contributed by atoms with E-state index in [-0.39, 0.29) is 6.04 Å². The summed E-state index contributed by atoms with van der Waals surface area (Å²) < 4.78 is 5.55. The van der Waals surface area contributed by atoms with E-state index in [1.54, 1.807) is 0 Å². The molecule has 2 aromatic carbocycles. The van der Waals surface area contributed by atoms with E-state index in [4.69, 9.17) is 17.0 Å². The van der Waals surface area contributed by atoms with Crippen molar-refractivity contribution >= 4 is 23.0 Å². The summed E-state index contributed by atoms with van der Waals surface area (Å²) >= 11 is 5.47. The Morgan fingerprint density at radius 2 is 1.88 bits per heavy atom. The third kappa shape index (κ3) is 2.67. The molecule has 0 bridgehead atoms. The molecule has 1 aliphatic carbocycles. The molecule has 0 saturated heterocycles. The monoisotopic (exact) mass is 336 g/mol. The van der Waals surface area contributed by atoms with Crippen molar-refractivity contribution in [2.24, 2.45) is 0 Å². The summed E-state index contributed by atoms with van der Waals surface area (Å²) in [5.41, 5.74) is 6.44. The van der Waals surface area contributed by atoms with Crippen molar-refractivity contribution in [1.29, 1.82) is 0 Å². The third-order valence-corrected chi connectivity index (χ3v) is 4.88. The number of aryl methyl sites for hydroxylation is 1. The number of hydrogen-bond acceptors (Lipinski definition) is 2. The van der Waals surface area contributed by atoms with Crippen LogP contribution in [0.1, 0.15) is 36.1 Å². The molecule has 4 rings (SSSR count). The number of thiocarbonyl (C=S) groups is 1. The minimum absolute atomic E-state index is 0.123. The molecular formula is C20H20N2OS. The van der Waals surface area contributed by atoms with Gasteiger partial charge in [-0.25, -0.2) is 0 Å². The molecule has 0 amide bonds. The maximum Gasteiger partial charge on any atom is 0.171 e. The van der Waals surface area contributed by atoms with Gasteiger partial charge >= 0.3 is 0 Å². The normalized spacial score (nSPS) is 19.0. The predicted molar refractivity (Wildman–Crippen MR) is 101 cm³/mol. The van der Waals surface area contributed by atoms with Gasteiger partial charge in [-0.3, -0.25) is 0 Å². The summed E-state index contributed by atoms with van der Waals surface area (Å²) in [6.07, 6.45) is 2.10. The Balaban J connectivity index is 1.75. The number of fused-ring (bicyclic) bond motifs is 2. The second-order valence-corrected chi connectivity index (χ2v) is 6.50. The van der Waals surface area contributed by atoms with Crippen molar-refractivity contribution < 1.29 is 4.74 Å². The van der Waals surface area contributed by atoms with Gasteiger partial charge in [0.25, 0.3) is 0 Å². The number of hydrogen-bond donors (Lipinski definition) is 2. The molecule has 3 nitrogen and oxygen atoms in total. The van der Waals surface area contributed by atoms with Crippen molar-refractivity contribution in [2.45, 2.75) is 25.8 Å². The molecule has 2 aliphatic rings. The summed E-state index contributed by atoms with van der Waals surface area (Å²) in [5, 5.41) is 7.50. The zero-order chi connectivity index (χ0) is 16.5. The summed E-state index contributed by atoms with van der Waals surface area (Å²) in [7, 11) is 0. The van der Waals surface area contributed by atoms with E-state index < -0.39 is 0 Å². The van der Waals surface area contributed by atoms with Crippen LogP contribution >= 0.6 is 12.2 Å². The molecule has 0 radical (unpaired) electrons. The maximum absolute atomic E-state index is 5.55. The molecule has 0 fully saturated rings. The zero-order valence-corrected chi connectivity index (χ0v) is 14.5. The molecule has 0 saturated carbocycles. The van der Waals surface area contributed by atoms with E-state index in [0.29, 0.717) is 11.7 Å². The van der Waals surface area contributed by atoms with Crippen molar-refractivity contribution in [3.8, 4) is 5.75 Å². The Kier molecular flexibility index (Phi) is 3.98. The highest BCUT2D eigenvalue weighted by Gasteiger charge is 2.30. The van der Waals surface area contributed by atoms with E-state index >= 15 is 0 Å².